The van der Waals surface area contributed by atoms with E-state index in [9.17, 15) is 18.4 Å². The van der Waals surface area contributed by atoms with E-state index >= 15 is 0 Å². The number of esters is 1. The first-order chi connectivity index (χ1) is 9.77. The Morgan fingerprint density at radius 3 is 2.24 bits per heavy atom. The highest BCUT2D eigenvalue weighted by atomic mass is 19.3. The van der Waals surface area contributed by atoms with Gasteiger partial charge >= 0.3 is 18.0 Å². The lowest BCUT2D eigenvalue weighted by Gasteiger charge is -2.35. The van der Waals surface area contributed by atoms with Crippen molar-refractivity contribution in [2.45, 2.75) is 63.0 Å². The van der Waals surface area contributed by atoms with Crippen molar-refractivity contribution in [3.05, 3.63) is 0 Å². The number of fused-ring (bicyclic) bond motifs is 1. The van der Waals surface area contributed by atoms with E-state index < -0.39 is 42.5 Å². The lowest BCUT2D eigenvalue weighted by atomic mass is 9.92. The van der Waals surface area contributed by atoms with Gasteiger partial charge in [-0.1, -0.05) is 0 Å². The number of carbonyl (C=O) groups excluding carboxylic acids is 2. The molecule has 118 valence electrons. The molecule has 0 aromatic rings. The molecule has 3 aliphatic rings. The lowest BCUT2D eigenvalue weighted by molar-refractivity contribution is -0.243. The van der Waals surface area contributed by atoms with Crippen LogP contribution in [0.5, 0.6) is 0 Å². The Hall–Kier alpha value is -1.48. The molecular weight excluding hydrogens is 294 g/mol. The monoisotopic (exact) mass is 308 g/mol. The van der Waals surface area contributed by atoms with Gasteiger partial charge in [-0.15, -0.1) is 0 Å². The molecule has 2 atom stereocenters. The molecule has 0 bridgehead atoms. The fraction of sp³-hybridized carbons (Fsp3) is 0.833. The van der Waals surface area contributed by atoms with Crippen LogP contribution < -0.4 is 0 Å². The van der Waals surface area contributed by atoms with Gasteiger partial charge in [-0.2, -0.15) is 8.78 Å². The van der Waals surface area contributed by atoms with Crippen molar-refractivity contribution < 1.29 is 42.1 Å². The maximum Gasteiger partial charge on any atom is 0.513 e. The van der Waals surface area contributed by atoms with Gasteiger partial charge in [0.15, 0.2) is 5.79 Å². The molecule has 0 amide bonds. The molecule has 3 rings (SSSR count). The highest BCUT2D eigenvalue weighted by molar-refractivity contribution is 5.77. The van der Waals surface area contributed by atoms with Gasteiger partial charge in [0, 0.05) is 19.8 Å². The van der Waals surface area contributed by atoms with Crippen LogP contribution >= 0.6 is 0 Å². The van der Waals surface area contributed by atoms with Crippen molar-refractivity contribution in [1.82, 2.24) is 0 Å². The smallest absolute Gasteiger partial charge is 0.458 e. The Morgan fingerprint density at radius 2 is 1.76 bits per heavy atom. The van der Waals surface area contributed by atoms with E-state index in [-0.39, 0.29) is 0 Å². The normalized spacial score (nSPS) is 38.8. The van der Waals surface area contributed by atoms with Crippen LogP contribution in [0.4, 0.5) is 13.6 Å². The molecular formula is C12H14F2O7. The van der Waals surface area contributed by atoms with Gasteiger partial charge in [0.1, 0.15) is 6.10 Å². The van der Waals surface area contributed by atoms with E-state index in [0.717, 1.165) is 0 Å². The second-order valence-corrected chi connectivity index (χ2v) is 5.36. The Labute approximate surface area is 118 Å². The van der Waals surface area contributed by atoms with Crippen LogP contribution in [0.25, 0.3) is 0 Å². The van der Waals surface area contributed by atoms with Gasteiger partial charge in [0.25, 0.3) is 12.6 Å². The SMILES string of the molecule is CC(F)(F)C(=O)OC1CCC2(CC1)OC1OC(=O)OC1O2. The van der Waals surface area contributed by atoms with E-state index in [1.807, 2.05) is 0 Å². The molecule has 3 fully saturated rings. The predicted octanol–water partition coefficient (Wildman–Crippen LogP) is 1.69. The van der Waals surface area contributed by atoms with Crippen molar-refractivity contribution >= 4 is 12.1 Å². The summed E-state index contributed by atoms with van der Waals surface area (Å²) in [5, 5.41) is 0. The molecule has 0 aromatic heterocycles. The topological polar surface area (TPSA) is 80.3 Å². The van der Waals surface area contributed by atoms with Gasteiger partial charge < -0.3 is 23.7 Å². The first-order valence-electron chi connectivity index (χ1n) is 6.59. The average Bonchev–Trinajstić information content (AvgIpc) is 2.85. The Morgan fingerprint density at radius 1 is 1.24 bits per heavy atom. The summed E-state index contributed by atoms with van der Waals surface area (Å²) in [6.45, 7) is 0.496. The van der Waals surface area contributed by atoms with E-state index in [0.29, 0.717) is 32.6 Å². The minimum atomic E-state index is -3.51. The molecule has 0 aromatic carbocycles. The summed E-state index contributed by atoms with van der Waals surface area (Å²) < 4.78 is 50.9. The maximum absolute atomic E-state index is 12.8. The van der Waals surface area contributed by atoms with Crippen molar-refractivity contribution in [2.24, 2.45) is 0 Å². The zero-order valence-corrected chi connectivity index (χ0v) is 11.2. The minimum Gasteiger partial charge on any atom is -0.458 e. The van der Waals surface area contributed by atoms with Crippen LogP contribution in [-0.2, 0) is 28.5 Å². The largest absolute Gasteiger partial charge is 0.513 e. The molecule has 2 unspecified atom stereocenters. The summed E-state index contributed by atoms with van der Waals surface area (Å²) in [4.78, 5) is 22.0. The zero-order chi connectivity index (χ0) is 15.3. The molecule has 21 heavy (non-hydrogen) atoms. The van der Waals surface area contributed by atoms with E-state index in [2.05, 4.69) is 0 Å². The number of carbonyl (C=O) groups is 2. The number of hydrogen-bond acceptors (Lipinski definition) is 7. The summed E-state index contributed by atoms with van der Waals surface area (Å²) in [6, 6.07) is 0. The summed E-state index contributed by atoms with van der Waals surface area (Å²) in [5.74, 6) is -6.02. The van der Waals surface area contributed by atoms with Crippen LogP contribution in [0.1, 0.15) is 32.6 Å². The highest BCUT2D eigenvalue weighted by Gasteiger charge is 2.56. The number of hydrogen-bond donors (Lipinski definition) is 0. The van der Waals surface area contributed by atoms with Gasteiger partial charge in [-0.3, -0.25) is 0 Å². The number of ether oxygens (including phenoxy) is 5. The maximum atomic E-state index is 12.8. The molecule has 0 radical (unpaired) electrons. The first kappa shape index (κ1) is 14.5. The Bertz CT molecular complexity index is 435. The first-order valence-corrected chi connectivity index (χ1v) is 6.59. The lowest BCUT2D eigenvalue weighted by Crippen LogP contribution is -2.41. The van der Waals surface area contributed by atoms with Crippen LogP contribution in [0.2, 0.25) is 0 Å². The molecule has 1 spiro atoms. The van der Waals surface area contributed by atoms with E-state index in [1.54, 1.807) is 0 Å². The second-order valence-electron chi connectivity index (χ2n) is 5.36. The molecule has 1 saturated carbocycles. The van der Waals surface area contributed by atoms with Gasteiger partial charge in [-0.25, -0.2) is 9.59 Å². The van der Waals surface area contributed by atoms with Crippen molar-refractivity contribution in [3.8, 4) is 0 Å². The van der Waals surface area contributed by atoms with E-state index in [4.69, 9.17) is 23.7 Å². The predicted molar refractivity (Wildman–Crippen MR) is 59.0 cm³/mol. The standard InChI is InChI=1S/C12H14F2O7/c1-11(13,14)9(15)17-6-2-4-12(5-3-6)20-7-8(21-12)19-10(16)18-7/h6-8H,2-5H2,1H3. The third-order valence-electron chi connectivity index (χ3n) is 3.64. The highest BCUT2D eigenvalue weighted by Crippen LogP contribution is 2.43. The molecule has 2 heterocycles. The number of halogens is 2. The van der Waals surface area contributed by atoms with Crippen LogP contribution in [-0.4, -0.2) is 42.5 Å². The fourth-order valence-electron chi connectivity index (χ4n) is 2.58. The third kappa shape index (κ3) is 2.80. The molecule has 7 nitrogen and oxygen atoms in total. The summed E-state index contributed by atoms with van der Waals surface area (Å²) in [6.07, 6.45) is -1.99. The second kappa shape index (κ2) is 4.77. The van der Waals surface area contributed by atoms with Gasteiger partial charge in [-0.05, 0) is 12.8 Å². The molecule has 9 heteroatoms. The number of alkyl halides is 2. The summed E-state index contributed by atoms with van der Waals surface area (Å²) >= 11 is 0. The van der Waals surface area contributed by atoms with Gasteiger partial charge in [0.05, 0.1) is 0 Å². The Balaban J connectivity index is 1.52. The van der Waals surface area contributed by atoms with Crippen LogP contribution in [0.15, 0.2) is 0 Å². The van der Waals surface area contributed by atoms with Crippen molar-refractivity contribution in [1.29, 1.82) is 0 Å². The molecule has 2 saturated heterocycles. The van der Waals surface area contributed by atoms with Crippen LogP contribution in [0.3, 0.4) is 0 Å². The average molecular weight is 308 g/mol. The van der Waals surface area contributed by atoms with E-state index in [1.165, 1.54) is 0 Å². The molecule has 1 aliphatic carbocycles. The van der Waals surface area contributed by atoms with Gasteiger partial charge in [0.2, 0.25) is 0 Å². The third-order valence-corrected chi connectivity index (χ3v) is 3.64. The fourth-order valence-corrected chi connectivity index (χ4v) is 2.58. The zero-order valence-electron chi connectivity index (χ0n) is 11.2. The van der Waals surface area contributed by atoms with Crippen LogP contribution in [0, 0.1) is 0 Å². The minimum absolute atomic E-state index is 0.315. The van der Waals surface area contributed by atoms with Crippen molar-refractivity contribution in [2.75, 3.05) is 0 Å². The molecule has 2 aliphatic heterocycles. The summed E-state index contributed by atoms with van der Waals surface area (Å²) in [7, 11) is 0. The van der Waals surface area contributed by atoms with Crippen molar-refractivity contribution in [3.63, 3.8) is 0 Å². The molecule has 0 N–H and O–H groups in total. The number of rotatable bonds is 2. The quantitative estimate of drug-likeness (QED) is 0.718. The Kier molecular flexibility index (Phi) is 3.28. The summed E-state index contributed by atoms with van der Waals surface area (Å²) in [5.41, 5.74) is 0.